The quantitative estimate of drug-likeness (QED) is 0.908. The van der Waals surface area contributed by atoms with E-state index in [2.05, 4.69) is 4.98 Å². The molecule has 0 aliphatic heterocycles. The average Bonchev–Trinajstić information content (AvgIpc) is 2.40. The van der Waals surface area contributed by atoms with Crippen molar-refractivity contribution in [3.05, 3.63) is 64.5 Å². The molecule has 20 heavy (non-hydrogen) atoms. The van der Waals surface area contributed by atoms with Crippen LogP contribution in [0.1, 0.15) is 34.1 Å². The predicted molar refractivity (Wildman–Crippen MR) is 69.2 cm³/mol. The highest BCUT2D eigenvalue weighted by Crippen LogP contribution is 2.30. The molecular formula is C15H14F3NO. The number of aliphatic hydroxyl groups excluding tert-OH is 1. The number of alkyl halides is 3. The van der Waals surface area contributed by atoms with Gasteiger partial charge < -0.3 is 5.11 Å². The van der Waals surface area contributed by atoms with Crippen molar-refractivity contribution in [3.63, 3.8) is 0 Å². The fraction of sp³-hybridized carbons (Fsp3) is 0.267. The molecule has 2 rings (SSSR count). The van der Waals surface area contributed by atoms with Crippen molar-refractivity contribution in [2.24, 2.45) is 0 Å². The Labute approximate surface area is 114 Å². The molecule has 1 aromatic carbocycles. The van der Waals surface area contributed by atoms with Gasteiger partial charge in [-0.3, -0.25) is 4.98 Å². The van der Waals surface area contributed by atoms with Crippen LogP contribution in [0.4, 0.5) is 13.2 Å². The van der Waals surface area contributed by atoms with Crippen molar-refractivity contribution in [2.75, 3.05) is 0 Å². The number of aliphatic hydroxyl groups is 1. The van der Waals surface area contributed by atoms with Gasteiger partial charge in [-0.15, -0.1) is 0 Å². The highest BCUT2D eigenvalue weighted by atomic mass is 19.4. The molecule has 0 fully saturated rings. The van der Waals surface area contributed by atoms with Gasteiger partial charge >= 0.3 is 6.18 Å². The third-order valence-electron chi connectivity index (χ3n) is 3.24. The Balaban J connectivity index is 2.29. The fourth-order valence-corrected chi connectivity index (χ4v) is 1.84. The lowest BCUT2D eigenvalue weighted by atomic mass is 10.0. The molecule has 1 unspecified atom stereocenters. The molecule has 1 atom stereocenters. The molecule has 0 aliphatic rings. The van der Waals surface area contributed by atoms with E-state index in [0.717, 1.165) is 23.4 Å². The number of hydrogen-bond acceptors (Lipinski definition) is 2. The van der Waals surface area contributed by atoms with E-state index in [1.807, 2.05) is 19.9 Å². The lowest BCUT2D eigenvalue weighted by Crippen LogP contribution is -2.08. The summed E-state index contributed by atoms with van der Waals surface area (Å²) >= 11 is 0. The first-order chi connectivity index (χ1) is 9.29. The zero-order valence-corrected chi connectivity index (χ0v) is 11.1. The maximum Gasteiger partial charge on any atom is 0.417 e. The molecular weight excluding hydrogens is 267 g/mol. The van der Waals surface area contributed by atoms with Crippen LogP contribution in [0, 0.1) is 13.8 Å². The zero-order chi connectivity index (χ0) is 14.9. The zero-order valence-electron chi connectivity index (χ0n) is 11.1. The van der Waals surface area contributed by atoms with Gasteiger partial charge in [-0.25, -0.2) is 0 Å². The second kappa shape index (κ2) is 5.25. The van der Waals surface area contributed by atoms with E-state index in [4.69, 9.17) is 0 Å². The largest absolute Gasteiger partial charge is 0.417 e. The molecule has 2 nitrogen and oxygen atoms in total. The topological polar surface area (TPSA) is 33.1 Å². The summed E-state index contributed by atoms with van der Waals surface area (Å²) in [5, 5.41) is 10.2. The fourth-order valence-electron chi connectivity index (χ4n) is 1.84. The SMILES string of the molecule is Cc1ccc(C(O)c2ccc(C(F)(F)F)cn2)cc1C. The number of benzene rings is 1. The first-order valence-electron chi connectivity index (χ1n) is 6.07. The van der Waals surface area contributed by atoms with Gasteiger partial charge in [-0.2, -0.15) is 13.2 Å². The number of hydrogen-bond donors (Lipinski definition) is 1. The van der Waals surface area contributed by atoms with Crippen LogP contribution >= 0.6 is 0 Å². The van der Waals surface area contributed by atoms with E-state index in [1.54, 1.807) is 12.1 Å². The summed E-state index contributed by atoms with van der Waals surface area (Å²) in [6.45, 7) is 3.85. The van der Waals surface area contributed by atoms with Crippen LogP contribution in [0.25, 0.3) is 0 Å². The molecule has 0 bridgehead atoms. The summed E-state index contributed by atoms with van der Waals surface area (Å²) in [5.74, 6) is 0. The van der Waals surface area contributed by atoms with Gasteiger partial charge in [0.15, 0.2) is 0 Å². The van der Waals surface area contributed by atoms with Gasteiger partial charge in [-0.1, -0.05) is 18.2 Å². The van der Waals surface area contributed by atoms with Gasteiger partial charge in [-0.05, 0) is 42.7 Å². The van der Waals surface area contributed by atoms with Crippen LogP contribution in [-0.2, 0) is 6.18 Å². The molecule has 0 aliphatic carbocycles. The number of aromatic nitrogens is 1. The lowest BCUT2D eigenvalue weighted by molar-refractivity contribution is -0.137. The molecule has 5 heteroatoms. The summed E-state index contributed by atoms with van der Waals surface area (Å²) in [5.41, 5.74) is 2.07. The Morgan fingerprint density at radius 2 is 1.75 bits per heavy atom. The highest BCUT2D eigenvalue weighted by Gasteiger charge is 2.31. The summed E-state index contributed by atoms with van der Waals surface area (Å²) in [6, 6.07) is 7.53. The summed E-state index contributed by atoms with van der Waals surface area (Å²) in [7, 11) is 0. The van der Waals surface area contributed by atoms with Gasteiger partial charge in [0.1, 0.15) is 6.10 Å². The minimum Gasteiger partial charge on any atom is -0.382 e. The Kier molecular flexibility index (Phi) is 3.81. The van der Waals surface area contributed by atoms with E-state index in [1.165, 1.54) is 6.07 Å². The molecule has 0 amide bonds. The van der Waals surface area contributed by atoms with E-state index in [0.29, 0.717) is 5.56 Å². The van der Waals surface area contributed by atoms with Crippen molar-refractivity contribution in [3.8, 4) is 0 Å². The van der Waals surface area contributed by atoms with E-state index in [-0.39, 0.29) is 5.69 Å². The highest BCUT2D eigenvalue weighted by molar-refractivity contribution is 5.34. The van der Waals surface area contributed by atoms with Crippen LogP contribution in [0.5, 0.6) is 0 Å². The van der Waals surface area contributed by atoms with Crippen molar-refractivity contribution >= 4 is 0 Å². The maximum atomic E-state index is 12.4. The number of halogens is 3. The van der Waals surface area contributed by atoms with Gasteiger partial charge in [0, 0.05) is 6.20 Å². The third-order valence-corrected chi connectivity index (χ3v) is 3.24. The Morgan fingerprint density at radius 1 is 1.05 bits per heavy atom. The van der Waals surface area contributed by atoms with Crippen molar-refractivity contribution in [1.29, 1.82) is 0 Å². The number of nitrogens with zero attached hydrogens (tertiary/aromatic N) is 1. The third kappa shape index (κ3) is 2.99. The smallest absolute Gasteiger partial charge is 0.382 e. The molecule has 1 aromatic heterocycles. The minimum absolute atomic E-state index is 0.196. The van der Waals surface area contributed by atoms with Crippen molar-refractivity contribution in [1.82, 2.24) is 4.98 Å². The lowest BCUT2D eigenvalue weighted by Gasteiger charge is -2.13. The maximum absolute atomic E-state index is 12.4. The number of aryl methyl sites for hydroxylation is 2. The van der Waals surface area contributed by atoms with E-state index < -0.39 is 17.8 Å². The summed E-state index contributed by atoms with van der Waals surface area (Å²) < 4.78 is 37.3. The minimum atomic E-state index is -4.42. The molecule has 1 heterocycles. The summed E-state index contributed by atoms with van der Waals surface area (Å²) in [6.07, 6.45) is -4.71. The van der Waals surface area contributed by atoms with Gasteiger partial charge in [0.25, 0.3) is 0 Å². The molecule has 0 saturated carbocycles. The van der Waals surface area contributed by atoms with Crippen LogP contribution in [0.15, 0.2) is 36.5 Å². The molecule has 1 N–H and O–H groups in total. The second-order valence-corrected chi connectivity index (χ2v) is 4.72. The molecule has 106 valence electrons. The Hall–Kier alpha value is -1.88. The van der Waals surface area contributed by atoms with Gasteiger partial charge in [0.2, 0.25) is 0 Å². The standard InChI is InChI=1S/C15H14F3NO/c1-9-3-4-11(7-10(9)2)14(20)13-6-5-12(8-19-13)15(16,17)18/h3-8,14,20H,1-2H3. The van der Waals surface area contributed by atoms with Gasteiger partial charge in [0.05, 0.1) is 11.3 Å². The van der Waals surface area contributed by atoms with E-state index in [9.17, 15) is 18.3 Å². The Morgan fingerprint density at radius 3 is 2.25 bits per heavy atom. The average molecular weight is 281 g/mol. The van der Waals surface area contributed by atoms with Crippen molar-refractivity contribution < 1.29 is 18.3 Å². The van der Waals surface area contributed by atoms with Crippen LogP contribution in [-0.4, -0.2) is 10.1 Å². The molecule has 2 aromatic rings. The number of pyridine rings is 1. The summed E-state index contributed by atoms with van der Waals surface area (Å²) in [4.78, 5) is 3.70. The second-order valence-electron chi connectivity index (χ2n) is 4.72. The van der Waals surface area contributed by atoms with Crippen molar-refractivity contribution in [2.45, 2.75) is 26.1 Å². The first-order valence-corrected chi connectivity index (χ1v) is 6.07. The van der Waals surface area contributed by atoms with Crippen LogP contribution in [0.2, 0.25) is 0 Å². The van der Waals surface area contributed by atoms with E-state index >= 15 is 0 Å². The molecule has 0 saturated heterocycles. The monoisotopic (exact) mass is 281 g/mol. The molecule has 0 radical (unpaired) electrons. The molecule has 0 spiro atoms. The Bertz CT molecular complexity index is 606. The predicted octanol–water partition coefficient (Wildman–Crippen LogP) is 3.80. The number of rotatable bonds is 2. The van der Waals surface area contributed by atoms with Crippen LogP contribution in [0.3, 0.4) is 0 Å². The first kappa shape index (κ1) is 14.5. The van der Waals surface area contributed by atoms with Crippen LogP contribution < -0.4 is 0 Å². The normalized spacial score (nSPS) is 13.3.